The minimum atomic E-state index is -0.640. The number of aliphatic hydroxyl groups is 1. The van der Waals surface area contributed by atoms with Gasteiger partial charge < -0.3 is 14.6 Å². The highest BCUT2D eigenvalue weighted by Gasteiger charge is 2.37. The molecule has 0 saturated carbocycles. The van der Waals surface area contributed by atoms with Crippen molar-refractivity contribution in [1.82, 2.24) is 0 Å². The van der Waals surface area contributed by atoms with Crippen molar-refractivity contribution in [3.63, 3.8) is 0 Å². The monoisotopic (exact) mass is 236 g/mol. The highest BCUT2D eigenvalue weighted by atomic mass is 16.5. The van der Waals surface area contributed by atoms with Crippen LogP contribution in [0.5, 0.6) is 5.75 Å². The van der Waals surface area contributed by atoms with Gasteiger partial charge in [-0.05, 0) is 32.3 Å². The summed E-state index contributed by atoms with van der Waals surface area (Å²) in [6.45, 7) is 2.70. The first kappa shape index (κ1) is 12.4. The van der Waals surface area contributed by atoms with Gasteiger partial charge in [0.15, 0.2) is 0 Å². The van der Waals surface area contributed by atoms with E-state index in [2.05, 4.69) is 0 Å². The molecule has 1 aliphatic heterocycles. The topological polar surface area (TPSA) is 38.7 Å². The van der Waals surface area contributed by atoms with Crippen molar-refractivity contribution in [1.29, 1.82) is 0 Å². The Hall–Kier alpha value is -1.06. The van der Waals surface area contributed by atoms with Gasteiger partial charge in [0.1, 0.15) is 11.9 Å². The van der Waals surface area contributed by atoms with Crippen LogP contribution in [0.1, 0.15) is 37.9 Å². The maximum absolute atomic E-state index is 10.5. The zero-order valence-corrected chi connectivity index (χ0v) is 10.5. The molecule has 0 spiro atoms. The molecular formula is C14H20O3. The van der Waals surface area contributed by atoms with Crippen molar-refractivity contribution in [3.05, 3.63) is 29.8 Å². The third-order valence-corrected chi connectivity index (χ3v) is 3.51. The van der Waals surface area contributed by atoms with Crippen molar-refractivity contribution in [2.75, 3.05) is 13.7 Å². The van der Waals surface area contributed by atoms with Gasteiger partial charge in [0.05, 0.1) is 12.7 Å². The predicted molar refractivity (Wildman–Crippen MR) is 66.2 cm³/mol. The largest absolute Gasteiger partial charge is 0.496 e. The molecule has 3 nitrogen and oxygen atoms in total. The van der Waals surface area contributed by atoms with E-state index in [-0.39, 0.29) is 0 Å². The average molecular weight is 236 g/mol. The van der Waals surface area contributed by atoms with Crippen molar-refractivity contribution in [3.8, 4) is 5.75 Å². The molecule has 1 aromatic rings. The molecule has 1 heterocycles. The van der Waals surface area contributed by atoms with Gasteiger partial charge in [0.2, 0.25) is 0 Å². The molecule has 1 aliphatic rings. The first-order valence-corrected chi connectivity index (χ1v) is 6.12. The van der Waals surface area contributed by atoms with Crippen LogP contribution < -0.4 is 4.74 Å². The summed E-state index contributed by atoms with van der Waals surface area (Å²) in [4.78, 5) is 0. The Morgan fingerprint density at radius 1 is 1.35 bits per heavy atom. The average Bonchev–Trinajstić information content (AvgIpc) is 2.38. The maximum Gasteiger partial charge on any atom is 0.124 e. The van der Waals surface area contributed by atoms with E-state index in [1.807, 2.05) is 31.2 Å². The van der Waals surface area contributed by atoms with Gasteiger partial charge in [-0.15, -0.1) is 0 Å². The Morgan fingerprint density at radius 2 is 2.12 bits per heavy atom. The Balaban J connectivity index is 2.26. The van der Waals surface area contributed by atoms with Crippen LogP contribution in [-0.4, -0.2) is 24.4 Å². The molecule has 17 heavy (non-hydrogen) atoms. The summed E-state index contributed by atoms with van der Waals surface area (Å²) in [5.41, 5.74) is 0.312. The summed E-state index contributed by atoms with van der Waals surface area (Å²) in [5, 5.41) is 10.5. The molecule has 1 N–H and O–H groups in total. The minimum Gasteiger partial charge on any atom is -0.496 e. The van der Waals surface area contributed by atoms with Crippen LogP contribution in [0.25, 0.3) is 0 Å². The minimum absolute atomic E-state index is 0.493. The molecule has 2 atom stereocenters. The lowest BCUT2D eigenvalue weighted by Gasteiger charge is -2.38. The number of hydrogen-bond donors (Lipinski definition) is 1. The van der Waals surface area contributed by atoms with Gasteiger partial charge in [-0.25, -0.2) is 0 Å². The van der Waals surface area contributed by atoms with E-state index in [9.17, 15) is 5.11 Å². The maximum atomic E-state index is 10.5. The summed E-state index contributed by atoms with van der Waals surface area (Å²) in [5.74, 6) is 0.718. The fourth-order valence-corrected chi connectivity index (χ4v) is 2.39. The van der Waals surface area contributed by atoms with Crippen molar-refractivity contribution in [2.24, 2.45) is 0 Å². The van der Waals surface area contributed by atoms with E-state index in [4.69, 9.17) is 9.47 Å². The van der Waals surface area contributed by atoms with Crippen LogP contribution in [0.15, 0.2) is 24.3 Å². The van der Waals surface area contributed by atoms with Crippen molar-refractivity contribution < 1.29 is 14.6 Å². The zero-order valence-electron chi connectivity index (χ0n) is 10.5. The van der Waals surface area contributed by atoms with Gasteiger partial charge >= 0.3 is 0 Å². The SMILES string of the molecule is COc1ccccc1C(O)C1(C)CCCCO1. The molecule has 94 valence electrons. The smallest absolute Gasteiger partial charge is 0.124 e. The summed E-state index contributed by atoms with van der Waals surface area (Å²) < 4.78 is 11.1. The number of para-hydroxylation sites is 1. The fourth-order valence-electron chi connectivity index (χ4n) is 2.39. The lowest BCUT2D eigenvalue weighted by Crippen LogP contribution is -2.39. The van der Waals surface area contributed by atoms with Crippen LogP contribution in [0.2, 0.25) is 0 Å². The molecule has 2 rings (SSSR count). The van der Waals surface area contributed by atoms with E-state index in [1.165, 1.54) is 0 Å². The number of methoxy groups -OCH3 is 1. The molecule has 0 bridgehead atoms. The second kappa shape index (κ2) is 5.07. The van der Waals surface area contributed by atoms with Gasteiger partial charge in [0, 0.05) is 12.2 Å². The normalized spacial score (nSPS) is 26.5. The second-order valence-corrected chi connectivity index (χ2v) is 4.76. The molecule has 0 radical (unpaired) electrons. The van der Waals surface area contributed by atoms with E-state index in [0.717, 1.165) is 37.2 Å². The molecule has 1 fully saturated rings. The summed E-state index contributed by atoms with van der Waals surface area (Å²) in [6, 6.07) is 7.57. The summed E-state index contributed by atoms with van der Waals surface area (Å²) in [7, 11) is 1.62. The van der Waals surface area contributed by atoms with Crippen LogP contribution in [0.4, 0.5) is 0 Å². The van der Waals surface area contributed by atoms with E-state index in [0.29, 0.717) is 0 Å². The quantitative estimate of drug-likeness (QED) is 0.877. The first-order chi connectivity index (χ1) is 8.17. The third kappa shape index (κ3) is 2.45. The molecule has 1 aromatic carbocycles. The molecule has 1 saturated heterocycles. The number of benzene rings is 1. The fraction of sp³-hybridized carbons (Fsp3) is 0.571. The van der Waals surface area contributed by atoms with Crippen LogP contribution >= 0.6 is 0 Å². The molecule has 3 heteroatoms. The highest BCUT2D eigenvalue weighted by molar-refractivity contribution is 5.36. The Labute approximate surface area is 102 Å². The number of aliphatic hydroxyl groups excluding tert-OH is 1. The summed E-state index contributed by atoms with van der Waals surface area (Å²) in [6.07, 6.45) is 2.42. The lowest BCUT2D eigenvalue weighted by atomic mass is 9.86. The predicted octanol–water partition coefficient (Wildman–Crippen LogP) is 2.69. The van der Waals surface area contributed by atoms with Crippen molar-refractivity contribution in [2.45, 2.75) is 37.9 Å². The lowest BCUT2D eigenvalue weighted by molar-refractivity contribution is -0.138. The third-order valence-electron chi connectivity index (χ3n) is 3.51. The van der Waals surface area contributed by atoms with Crippen LogP contribution in [0, 0.1) is 0 Å². The molecule has 0 aliphatic carbocycles. The zero-order chi connectivity index (χ0) is 12.3. The number of ether oxygens (including phenoxy) is 2. The Morgan fingerprint density at radius 3 is 2.76 bits per heavy atom. The van der Waals surface area contributed by atoms with Gasteiger partial charge in [0.25, 0.3) is 0 Å². The number of rotatable bonds is 3. The Kier molecular flexibility index (Phi) is 3.69. The van der Waals surface area contributed by atoms with E-state index < -0.39 is 11.7 Å². The summed E-state index contributed by atoms with van der Waals surface area (Å²) >= 11 is 0. The van der Waals surface area contributed by atoms with Crippen molar-refractivity contribution >= 4 is 0 Å². The van der Waals surface area contributed by atoms with Gasteiger partial charge in [-0.2, -0.15) is 0 Å². The molecular weight excluding hydrogens is 216 g/mol. The van der Waals surface area contributed by atoms with Crippen LogP contribution in [0.3, 0.4) is 0 Å². The highest BCUT2D eigenvalue weighted by Crippen LogP contribution is 2.39. The molecule has 0 amide bonds. The van der Waals surface area contributed by atoms with Gasteiger partial charge in [-0.1, -0.05) is 18.2 Å². The molecule has 0 aromatic heterocycles. The number of hydrogen-bond acceptors (Lipinski definition) is 3. The van der Waals surface area contributed by atoms with Crippen LogP contribution in [-0.2, 0) is 4.74 Å². The van der Waals surface area contributed by atoms with E-state index >= 15 is 0 Å². The standard InChI is InChI=1S/C14H20O3/c1-14(9-5-6-10-17-14)13(15)11-7-3-4-8-12(11)16-2/h3-4,7-8,13,15H,5-6,9-10H2,1-2H3. The van der Waals surface area contributed by atoms with E-state index in [1.54, 1.807) is 7.11 Å². The first-order valence-electron chi connectivity index (χ1n) is 6.12. The molecule has 2 unspecified atom stereocenters. The second-order valence-electron chi connectivity index (χ2n) is 4.76. The van der Waals surface area contributed by atoms with Gasteiger partial charge in [-0.3, -0.25) is 0 Å². The Bertz CT molecular complexity index is 369.